The number of hydrogen-bond acceptors (Lipinski definition) is 4. The van der Waals surface area contributed by atoms with Gasteiger partial charge in [0, 0.05) is 23.6 Å². The lowest BCUT2D eigenvalue weighted by molar-refractivity contribution is -0.122. The SMILES string of the molecule is O=C(Nc1ccc(Cl)c(Cl)c1)C1C2CC(O)C(O2)C1c1cc(F)ncc1F. The van der Waals surface area contributed by atoms with Gasteiger partial charge >= 0.3 is 0 Å². The third-order valence-corrected chi connectivity index (χ3v) is 5.77. The molecule has 4 rings (SSSR count). The summed E-state index contributed by atoms with van der Waals surface area (Å²) in [5.41, 5.74) is 0.376. The summed E-state index contributed by atoms with van der Waals surface area (Å²) in [5, 5.41) is 13.5. The van der Waals surface area contributed by atoms with E-state index in [2.05, 4.69) is 10.3 Å². The van der Waals surface area contributed by atoms with Gasteiger partial charge in [0.1, 0.15) is 5.82 Å². The summed E-state index contributed by atoms with van der Waals surface area (Å²) < 4.78 is 33.6. The summed E-state index contributed by atoms with van der Waals surface area (Å²) in [6.07, 6.45) is -1.25. The number of aromatic nitrogens is 1. The second-order valence-electron chi connectivity index (χ2n) is 6.64. The molecule has 2 fully saturated rings. The van der Waals surface area contributed by atoms with E-state index in [1.807, 2.05) is 0 Å². The van der Waals surface area contributed by atoms with Crippen molar-refractivity contribution in [3.63, 3.8) is 0 Å². The van der Waals surface area contributed by atoms with Crippen molar-refractivity contribution in [1.82, 2.24) is 4.98 Å². The fraction of sp³-hybridized carbons (Fsp3) is 0.333. The van der Waals surface area contributed by atoms with Crippen LogP contribution in [0.2, 0.25) is 10.0 Å². The maximum Gasteiger partial charge on any atom is 0.230 e. The number of anilines is 1. The lowest BCUT2D eigenvalue weighted by Gasteiger charge is -2.30. The molecule has 5 atom stereocenters. The number of benzene rings is 1. The van der Waals surface area contributed by atoms with E-state index in [1.54, 1.807) is 6.07 Å². The third-order valence-electron chi connectivity index (χ3n) is 5.03. The molecule has 27 heavy (non-hydrogen) atoms. The van der Waals surface area contributed by atoms with Crippen molar-refractivity contribution in [2.24, 2.45) is 5.92 Å². The molecule has 5 unspecified atom stereocenters. The van der Waals surface area contributed by atoms with Crippen molar-refractivity contribution in [3.05, 3.63) is 57.8 Å². The minimum Gasteiger partial charge on any atom is -0.390 e. The second-order valence-corrected chi connectivity index (χ2v) is 7.45. The highest BCUT2D eigenvalue weighted by Gasteiger charge is 2.57. The summed E-state index contributed by atoms with van der Waals surface area (Å²) in [6, 6.07) is 5.55. The highest BCUT2D eigenvalue weighted by Crippen LogP contribution is 2.49. The second kappa shape index (κ2) is 6.98. The van der Waals surface area contributed by atoms with E-state index in [4.69, 9.17) is 27.9 Å². The van der Waals surface area contributed by atoms with Crippen molar-refractivity contribution in [2.45, 2.75) is 30.7 Å². The molecule has 0 spiro atoms. The number of fused-ring (bicyclic) bond motifs is 2. The molecule has 1 aromatic carbocycles. The molecule has 9 heteroatoms. The standard InChI is InChI=1S/C18H14Cl2F2N2O3/c19-9-2-1-7(3-10(9)20)24-18(26)16-13-5-12(25)17(27-13)15(16)8-4-14(22)23-6-11(8)21/h1-4,6,12-13,15-17,25H,5H2,(H,24,26). The van der Waals surface area contributed by atoms with E-state index in [0.29, 0.717) is 10.7 Å². The minimum atomic E-state index is -0.868. The molecule has 0 saturated carbocycles. The summed E-state index contributed by atoms with van der Waals surface area (Å²) in [7, 11) is 0. The Balaban J connectivity index is 1.66. The Hall–Kier alpha value is -1.80. The average molecular weight is 415 g/mol. The Bertz CT molecular complexity index is 914. The number of ether oxygens (including phenoxy) is 1. The molecule has 0 radical (unpaired) electrons. The van der Waals surface area contributed by atoms with Crippen LogP contribution >= 0.6 is 23.2 Å². The fourth-order valence-corrected chi connectivity index (χ4v) is 4.19. The van der Waals surface area contributed by atoms with Gasteiger partial charge < -0.3 is 15.2 Å². The maximum absolute atomic E-state index is 14.3. The third kappa shape index (κ3) is 3.29. The monoisotopic (exact) mass is 414 g/mol. The van der Waals surface area contributed by atoms with E-state index in [-0.39, 0.29) is 17.0 Å². The van der Waals surface area contributed by atoms with Crippen LogP contribution in [0.3, 0.4) is 0 Å². The van der Waals surface area contributed by atoms with Crippen LogP contribution in [0.1, 0.15) is 17.9 Å². The van der Waals surface area contributed by atoms with E-state index < -0.39 is 47.8 Å². The number of hydrogen-bond donors (Lipinski definition) is 2. The lowest BCUT2D eigenvalue weighted by Crippen LogP contribution is -2.41. The molecule has 2 bridgehead atoms. The molecule has 2 aliphatic rings. The number of aliphatic hydroxyl groups excluding tert-OH is 1. The number of rotatable bonds is 3. The molecule has 1 amide bonds. The Labute approximate surface area is 163 Å². The fourth-order valence-electron chi connectivity index (χ4n) is 3.90. The van der Waals surface area contributed by atoms with Gasteiger partial charge in [0.15, 0.2) is 0 Å². The van der Waals surface area contributed by atoms with Crippen molar-refractivity contribution in [1.29, 1.82) is 0 Å². The minimum absolute atomic E-state index is 0.0389. The Morgan fingerprint density at radius 3 is 2.78 bits per heavy atom. The van der Waals surface area contributed by atoms with Crippen molar-refractivity contribution in [3.8, 4) is 0 Å². The quantitative estimate of drug-likeness (QED) is 0.753. The summed E-state index contributed by atoms with van der Waals surface area (Å²) in [4.78, 5) is 16.2. The normalized spacial score (nSPS) is 29.1. The van der Waals surface area contributed by atoms with E-state index in [9.17, 15) is 18.7 Å². The number of nitrogens with one attached hydrogen (secondary N) is 1. The molecule has 1 aromatic heterocycles. The highest BCUT2D eigenvalue weighted by atomic mass is 35.5. The Morgan fingerprint density at radius 2 is 2.04 bits per heavy atom. The average Bonchev–Trinajstić information content (AvgIpc) is 3.17. The topological polar surface area (TPSA) is 71.5 Å². The first kappa shape index (κ1) is 18.6. The first-order valence-electron chi connectivity index (χ1n) is 8.25. The molecule has 2 N–H and O–H groups in total. The van der Waals surface area contributed by atoms with Crippen LogP contribution in [0, 0.1) is 17.7 Å². The number of carbonyl (C=O) groups is 1. The molecular weight excluding hydrogens is 401 g/mol. The van der Waals surface area contributed by atoms with Crippen LogP contribution < -0.4 is 5.32 Å². The van der Waals surface area contributed by atoms with E-state index >= 15 is 0 Å². The van der Waals surface area contributed by atoms with Crippen molar-refractivity contribution in [2.75, 3.05) is 5.32 Å². The first-order chi connectivity index (χ1) is 12.8. The summed E-state index contributed by atoms with van der Waals surface area (Å²) in [6.45, 7) is 0. The van der Waals surface area contributed by atoms with Crippen LogP contribution in [-0.4, -0.2) is 34.3 Å². The van der Waals surface area contributed by atoms with Gasteiger partial charge in [-0.05, 0) is 24.3 Å². The van der Waals surface area contributed by atoms with E-state index in [1.165, 1.54) is 12.1 Å². The van der Waals surface area contributed by atoms with Gasteiger partial charge in [-0.15, -0.1) is 0 Å². The molecule has 2 aromatic rings. The van der Waals surface area contributed by atoms with Crippen LogP contribution in [0.15, 0.2) is 30.5 Å². The van der Waals surface area contributed by atoms with Gasteiger partial charge in [-0.1, -0.05) is 23.2 Å². The van der Waals surface area contributed by atoms with Gasteiger partial charge in [-0.2, -0.15) is 4.39 Å². The highest BCUT2D eigenvalue weighted by molar-refractivity contribution is 6.42. The summed E-state index contributed by atoms with van der Waals surface area (Å²) >= 11 is 11.8. The van der Waals surface area contributed by atoms with Crippen LogP contribution in [0.5, 0.6) is 0 Å². The smallest absolute Gasteiger partial charge is 0.230 e. The number of nitrogens with zero attached hydrogens (tertiary/aromatic N) is 1. The predicted molar refractivity (Wildman–Crippen MR) is 94.8 cm³/mol. The molecule has 142 valence electrons. The number of halogens is 4. The lowest BCUT2D eigenvalue weighted by atomic mass is 9.74. The molecule has 2 saturated heterocycles. The van der Waals surface area contributed by atoms with Gasteiger partial charge in [-0.3, -0.25) is 4.79 Å². The molecule has 3 heterocycles. The van der Waals surface area contributed by atoms with Crippen LogP contribution in [0.25, 0.3) is 0 Å². The van der Waals surface area contributed by atoms with Gasteiger partial charge in [0.2, 0.25) is 11.9 Å². The zero-order valence-electron chi connectivity index (χ0n) is 13.7. The zero-order chi connectivity index (χ0) is 19.3. The Kier molecular flexibility index (Phi) is 4.80. The predicted octanol–water partition coefficient (Wildman–Crippen LogP) is 3.54. The molecule has 0 aliphatic carbocycles. The first-order valence-corrected chi connectivity index (χ1v) is 9.01. The number of aliphatic hydroxyl groups is 1. The van der Waals surface area contributed by atoms with Crippen molar-refractivity contribution < 1.29 is 23.4 Å². The molecule has 2 aliphatic heterocycles. The van der Waals surface area contributed by atoms with Crippen molar-refractivity contribution >= 4 is 34.8 Å². The van der Waals surface area contributed by atoms with Gasteiger partial charge in [0.05, 0.1) is 40.5 Å². The van der Waals surface area contributed by atoms with Crippen LogP contribution in [-0.2, 0) is 9.53 Å². The van der Waals surface area contributed by atoms with Crippen LogP contribution in [0.4, 0.5) is 14.5 Å². The number of pyridine rings is 1. The molecular formula is C18H14Cl2F2N2O3. The van der Waals surface area contributed by atoms with Gasteiger partial charge in [-0.25, -0.2) is 9.37 Å². The molecule has 5 nitrogen and oxygen atoms in total. The zero-order valence-corrected chi connectivity index (χ0v) is 15.2. The maximum atomic E-state index is 14.3. The summed E-state index contributed by atoms with van der Waals surface area (Å²) in [5.74, 6) is -3.69. The largest absolute Gasteiger partial charge is 0.390 e. The van der Waals surface area contributed by atoms with E-state index in [0.717, 1.165) is 12.3 Å². The van der Waals surface area contributed by atoms with Gasteiger partial charge in [0.25, 0.3) is 0 Å². The number of carbonyl (C=O) groups excluding carboxylic acids is 1. The Morgan fingerprint density at radius 1 is 1.26 bits per heavy atom. The number of amides is 1.